The van der Waals surface area contributed by atoms with Crippen LogP contribution in [0, 0.1) is 5.41 Å². The molecule has 2 saturated heterocycles. The maximum absolute atomic E-state index is 12.7. The van der Waals surface area contributed by atoms with E-state index in [-0.39, 0.29) is 23.8 Å². The van der Waals surface area contributed by atoms with Gasteiger partial charge >= 0.3 is 6.03 Å². The molecule has 0 radical (unpaired) electrons. The molecule has 0 aromatic rings. The average Bonchev–Trinajstić information content (AvgIpc) is 2.85. The lowest BCUT2D eigenvalue weighted by atomic mass is 9.84. The number of carbonyl (C=O) groups excluding carboxylic acids is 2. The maximum Gasteiger partial charge on any atom is 0.317 e. The van der Waals surface area contributed by atoms with Gasteiger partial charge < -0.3 is 26.1 Å². The average molecular weight is 283 g/mol. The van der Waals surface area contributed by atoms with E-state index in [1.807, 2.05) is 6.92 Å². The molecular weight excluding hydrogens is 262 g/mol. The van der Waals surface area contributed by atoms with Crippen molar-refractivity contribution in [2.75, 3.05) is 26.2 Å². The molecule has 2 heterocycles. The van der Waals surface area contributed by atoms with E-state index >= 15 is 0 Å². The molecule has 20 heavy (non-hydrogen) atoms. The summed E-state index contributed by atoms with van der Waals surface area (Å²) < 4.78 is 0. The van der Waals surface area contributed by atoms with Crippen molar-refractivity contribution in [3.05, 3.63) is 0 Å². The van der Waals surface area contributed by atoms with Gasteiger partial charge in [-0.25, -0.2) is 4.79 Å². The number of nitrogens with zero attached hydrogens (tertiary/aromatic N) is 3. The number of fused-ring (bicyclic) bond motifs is 1. The first-order valence-electron chi connectivity index (χ1n) is 6.76. The first kappa shape index (κ1) is 14.4. The highest BCUT2D eigenvalue weighted by atomic mass is 16.4. The molecule has 2 aliphatic heterocycles. The smallest absolute Gasteiger partial charge is 0.317 e. The standard InChI is InChI=1S/C12H21N5O3/c1-3-12(2,9(13)15-20)10(18)16-4-5-17-8(7-16)6-14-11(17)19/h8,20H,3-7H2,1-2H3,(H2,13,15)(H,14,19). The van der Waals surface area contributed by atoms with Crippen LogP contribution in [0.3, 0.4) is 0 Å². The molecule has 0 bridgehead atoms. The Morgan fingerprint density at radius 3 is 2.90 bits per heavy atom. The highest BCUT2D eigenvalue weighted by Crippen LogP contribution is 2.26. The van der Waals surface area contributed by atoms with Crippen LogP contribution in [0.1, 0.15) is 20.3 Å². The largest absolute Gasteiger partial charge is 0.409 e. The fraction of sp³-hybridized carbons (Fsp3) is 0.750. The van der Waals surface area contributed by atoms with Gasteiger partial charge in [0.2, 0.25) is 5.91 Å². The summed E-state index contributed by atoms with van der Waals surface area (Å²) in [6, 6.07) is -0.0645. The Hall–Kier alpha value is -1.99. The number of amides is 3. The monoisotopic (exact) mass is 283 g/mol. The molecule has 2 atom stereocenters. The summed E-state index contributed by atoms with van der Waals surface area (Å²) in [5, 5.41) is 14.6. The van der Waals surface area contributed by atoms with E-state index in [1.165, 1.54) is 0 Å². The molecule has 0 aromatic carbocycles. The Labute approximate surface area is 117 Å². The summed E-state index contributed by atoms with van der Waals surface area (Å²) in [5.41, 5.74) is 4.67. The third kappa shape index (κ3) is 2.14. The van der Waals surface area contributed by atoms with E-state index in [0.29, 0.717) is 32.6 Å². The van der Waals surface area contributed by atoms with E-state index in [9.17, 15) is 9.59 Å². The lowest BCUT2D eigenvalue weighted by molar-refractivity contribution is -0.140. The van der Waals surface area contributed by atoms with Gasteiger partial charge in [-0.2, -0.15) is 0 Å². The lowest BCUT2D eigenvalue weighted by Crippen LogP contribution is -2.58. The first-order valence-corrected chi connectivity index (χ1v) is 6.76. The van der Waals surface area contributed by atoms with Crippen molar-refractivity contribution in [2.24, 2.45) is 16.3 Å². The number of amidine groups is 1. The number of oxime groups is 1. The van der Waals surface area contributed by atoms with Crippen LogP contribution in [-0.4, -0.2) is 65.0 Å². The zero-order valence-corrected chi connectivity index (χ0v) is 11.8. The highest BCUT2D eigenvalue weighted by molar-refractivity contribution is 6.06. The second-order valence-electron chi connectivity index (χ2n) is 5.46. The molecule has 8 nitrogen and oxygen atoms in total. The molecule has 4 N–H and O–H groups in total. The molecule has 0 aliphatic carbocycles. The van der Waals surface area contributed by atoms with Gasteiger partial charge in [-0.1, -0.05) is 12.1 Å². The molecule has 0 spiro atoms. The van der Waals surface area contributed by atoms with Gasteiger partial charge in [0.15, 0.2) is 5.84 Å². The van der Waals surface area contributed by atoms with Crippen molar-refractivity contribution in [1.82, 2.24) is 15.1 Å². The predicted molar refractivity (Wildman–Crippen MR) is 72.3 cm³/mol. The fourth-order valence-corrected chi connectivity index (χ4v) is 2.69. The summed E-state index contributed by atoms with van der Waals surface area (Å²) in [5.74, 6) is -0.234. The second-order valence-corrected chi connectivity index (χ2v) is 5.46. The molecule has 2 aliphatic rings. The van der Waals surface area contributed by atoms with E-state index in [2.05, 4.69) is 10.5 Å². The number of piperazine rings is 1. The van der Waals surface area contributed by atoms with Gasteiger partial charge in [0.1, 0.15) is 5.41 Å². The predicted octanol–water partition coefficient (Wildman–Crippen LogP) is -0.615. The van der Waals surface area contributed by atoms with E-state index in [4.69, 9.17) is 10.9 Å². The number of rotatable bonds is 3. The van der Waals surface area contributed by atoms with Crippen LogP contribution < -0.4 is 11.1 Å². The summed E-state index contributed by atoms with van der Waals surface area (Å²) in [6.07, 6.45) is 0.448. The second kappa shape index (κ2) is 5.18. The summed E-state index contributed by atoms with van der Waals surface area (Å²) in [6.45, 7) is 5.51. The van der Waals surface area contributed by atoms with E-state index in [1.54, 1.807) is 16.7 Å². The minimum atomic E-state index is -1.01. The molecular formula is C12H21N5O3. The minimum absolute atomic E-state index is 0.00796. The molecule has 3 amide bonds. The van der Waals surface area contributed by atoms with Gasteiger partial charge in [-0.05, 0) is 13.3 Å². The van der Waals surface area contributed by atoms with Crippen LogP contribution in [0.5, 0.6) is 0 Å². The highest BCUT2D eigenvalue weighted by Gasteiger charge is 2.43. The van der Waals surface area contributed by atoms with Gasteiger partial charge in [0.05, 0.1) is 6.04 Å². The Morgan fingerprint density at radius 1 is 1.60 bits per heavy atom. The topological polar surface area (TPSA) is 111 Å². The zero-order valence-electron chi connectivity index (χ0n) is 11.8. The van der Waals surface area contributed by atoms with Crippen LogP contribution in [0.15, 0.2) is 5.16 Å². The maximum atomic E-state index is 12.7. The number of nitrogens with one attached hydrogen (secondary N) is 1. The Bertz CT molecular complexity index is 452. The number of nitrogens with two attached hydrogens (primary N) is 1. The van der Waals surface area contributed by atoms with Crippen molar-refractivity contribution in [3.8, 4) is 0 Å². The van der Waals surface area contributed by atoms with Crippen LogP contribution in [0.2, 0.25) is 0 Å². The zero-order chi connectivity index (χ0) is 14.9. The van der Waals surface area contributed by atoms with Gasteiger partial charge in [-0.3, -0.25) is 4.79 Å². The molecule has 2 fully saturated rings. The number of hydrogen-bond donors (Lipinski definition) is 3. The number of urea groups is 1. The van der Waals surface area contributed by atoms with Crippen LogP contribution in [-0.2, 0) is 4.79 Å². The molecule has 0 saturated carbocycles. The Balaban J connectivity index is 2.12. The fourth-order valence-electron chi connectivity index (χ4n) is 2.69. The van der Waals surface area contributed by atoms with E-state index < -0.39 is 5.41 Å². The number of hydrogen-bond acceptors (Lipinski definition) is 4. The van der Waals surface area contributed by atoms with Crippen molar-refractivity contribution in [2.45, 2.75) is 26.3 Å². The normalized spacial score (nSPS) is 26.0. The van der Waals surface area contributed by atoms with Crippen molar-refractivity contribution >= 4 is 17.8 Å². The Kier molecular flexibility index (Phi) is 3.74. The summed E-state index contributed by atoms with van der Waals surface area (Å²) in [4.78, 5) is 27.6. The van der Waals surface area contributed by atoms with Gasteiger partial charge in [0, 0.05) is 26.2 Å². The first-order chi connectivity index (χ1) is 9.43. The molecule has 2 unspecified atom stereocenters. The molecule has 0 aromatic heterocycles. The molecule has 112 valence electrons. The van der Waals surface area contributed by atoms with Crippen molar-refractivity contribution < 1.29 is 14.8 Å². The van der Waals surface area contributed by atoms with Crippen LogP contribution in [0.25, 0.3) is 0 Å². The van der Waals surface area contributed by atoms with Crippen molar-refractivity contribution in [3.63, 3.8) is 0 Å². The van der Waals surface area contributed by atoms with Crippen molar-refractivity contribution in [1.29, 1.82) is 0 Å². The van der Waals surface area contributed by atoms with Crippen LogP contribution >= 0.6 is 0 Å². The SMILES string of the molecule is CCC(C)(C(=O)N1CCN2C(=O)NCC2C1)C(N)=NO. The lowest BCUT2D eigenvalue weighted by Gasteiger charge is -2.40. The van der Waals surface area contributed by atoms with Gasteiger partial charge in [-0.15, -0.1) is 0 Å². The van der Waals surface area contributed by atoms with Crippen LogP contribution in [0.4, 0.5) is 4.79 Å². The third-order valence-corrected chi connectivity index (χ3v) is 4.37. The minimum Gasteiger partial charge on any atom is -0.409 e. The summed E-state index contributed by atoms with van der Waals surface area (Å²) >= 11 is 0. The Morgan fingerprint density at radius 2 is 2.30 bits per heavy atom. The third-order valence-electron chi connectivity index (χ3n) is 4.37. The number of carbonyl (C=O) groups is 2. The molecule has 8 heteroatoms. The molecule has 2 rings (SSSR count). The summed E-state index contributed by atoms with van der Waals surface area (Å²) in [7, 11) is 0. The quantitative estimate of drug-likeness (QED) is 0.277. The van der Waals surface area contributed by atoms with Gasteiger partial charge in [0.25, 0.3) is 0 Å². The van der Waals surface area contributed by atoms with E-state index in [0.717, 1.165) is 0 Å².